The van der Waals surface area contributed by atoms with Crippen LogP contribution >= 0.6 is 0 Å². The molecule has 2 fully saturated rings. The minimum atomic E-state index is -2.05. The molecule has 1 saturated heterocycles. The molecule has 0 spiro atoms. The first-order valence-electron chi connectivity index (χ1n) is 8.94. The first-order valence-corrected chi connectivity index (χ1v) is 11.5. The van der Waals surface area contributed by atoms with Crippen molar-refractivity contribution >= 4 is 8.56 Å². The molecule has 0 aromatic rings. The van der Waals surface area contributed by atoms with E-state index in [-0.39, 0.29) is 6.10 Å². The fourth-order valence-electron chi connectivity index (χ4n) is 3.68. The smallest absolute Gasteiger partial charge is 0.335 e. The summed E-state index contributed by atoms with van der Waals surface area (Å²) in [7, 11) is -2.05. The first kappa shape index (κ1) is 18.0. The molecule has 0 amide bonds. The second-order valence-electron chi connectivity index (χ2n) is 6.66. The van der Waals surface area contributed by atoms with Crippen LogP contribution in [-0.2, 0) is 13.6 Å². The lowest BCUT2D eigenvalue weighted by Crippen LogP contribution is -2.49. The van der Waals surface area contributed by atoms with Gasteiger partial charge in [0, 0.05) is 25.8 Å². The highest BCUT2D eigenvalue weighted by atomic mass is 28.4. The number of hydrogen-bond donors (Lipinski definition) is 0. The van der Waals surface area contributed by atoms with Gasteiger partial charge in [-0.2, -0.15) is 0 Å². The monoisotopic (exact) mass is 327 g/mol. The molecule has 0 aromatic heterocycles. The number of nitrogens with zero attached hydrogens (tertiary/aromatic N) is 1. The fourth-order valence-corrected chi connectivity index (χ4v) is 6.25. The molecule has 1 saturated carbocycles. The molecule has 1 aliphatic carbocycles. The quantitative estimate of drug-likeness (QED) is 0.696. The molecule has 0 N–H and O–H groups in total. The molecular formula is C17H33NO3Si. The van der Waals surface area contributed by atoms with Gasteiger partial charge in [0.1, 0.15) is 0 Å². The van der Waals surface area contributed by atoms with Crippen LogP contribution in [0.3, 0.4) is 0 Å². The van der Waals surface area contributed by atoms with Crippen molar-refractivity contribution in [2.24, 2.45) is 0 Å². The van der Waals surface area contributed by atoms with E-state index < -0.39 is 8.56 Å². The average Bonchev–Trinajstić information content (AvgIpc) is 2.51. The Kier molecular flexibility index (Phi) is 7.41. The molecule has 1 heterocycles. The summed E-state index contributed by atoms with van der Waals surface area (Å²) in [5.74, 6) is 0. The van der Waals surface area contributed by atoms with Crippen molar-refractivity contribution in [1.29, 1.82) is 0 Å². The van der Waals surface area contributed by atoms with Crippen molar-refractivity contribution in [1.82, 2.24) is 4.90 Å². The minimum Gasteiger partial charge on any atom is -0.395 e. The third-order valence-electron chi connectivity index (χ3n) is 4.78. The summed E-state index contributed by atoms with van der Waals surface area (Å²) in [6.07, 6.45) is 9.74. The number of ether oxygens (including phenoxy) is 1. The van der Waals surface area contributed by atoms with Crippen LogP contribution in [0.15, 0.2) is 12.8 Å². The van der Waals surface area contributed by atoms with Gasteiger partial charge in [-0.05, 0) is 45.0 Å². The van der Waals surface area contributed by atoms with Crippen LogP contribution in [0.2, 0.25) is 12.6 Å². The van der Waals surface area contributed by atoms with Crippen molar-refractivity contribution in [2.45, 2.75) is 70.2 Å². The van der Waals surface area contributed by atoms with Crippen LogP contribution < -0.4 is 0 Å². The SMILES string of the molecule is C=CN(CC1COCCC[Si](C)(OCC)O1)C1CCCCC1. The van der Waals surface area contributed by atoms with Gasteiger partial charge in [0.25, 0.3) is 0 Å². The number of hydrogen-bond acceptors (Lipinski definition) is 4. The Balaban J connectivity index is 1.95. The molecule has 22 heavy (non-hydrogen) atoms. The van der Waals surface area contributed by atoms with Crippen LogP contribution in [-0.4, -0.2) is 52.0 Å². The van der Waals surface area contributed by atoms with Gasteiger partial charge in [-0.1, -0.05) is 25.8 Å². The van der Waals surface area contributed by atoms with Gasteiger partial charge < -0.3 is 18.5 Å². The highest BCUT2D eigenvalue weighted by Gasteiger charge is 2.36. The van der Waals surface area contributed by atoms with Gasteiger partial charge in [0.2, 0.25) is 0 Å². The Bertz CT molecular complexity index is 336. The molecule has 1 aliphatic heterocycles. The van der Waals surface area contributed by atoms with Gasteiger partial charge in [-0.25, -0.2) is 0 Å². The lowest BCUT2D eigenvalue weighted by molar-refractivity contribution is -0.00250. The van der Waals surface area contributed by atoms with E-state index in [1.165, 1.54) is 32.1 Å². The summed E-state index contributed by atoms with van der Waals surface area (Å²) in [5.41, 5.74) is 0. The van der Waals surface area contributed by atoms with E-state index in [1.54, 1.807) is 0 Å². The summed E-state index contributed by atoms with van der Waals surface area (Å²) < 4.78 is 18.2. The summed E-state index contributed by atoms with van der Waals surface area (Å²) in [6, 6.07) is 1.65. The minimum absolute atomic E-state index is 0.100. The maximum absolute atomic E-state index is 6.44. The average molecular weight is 328 g/mol. The summed E-state index contributed by atoms with van der Waals surface area (Å²) >= 11 is 0. The Labute approximate surface area is 137 Å². The van der Waals surface area contributed by atoms with Gasteiger partial charge in [0.05, 0.1) is 12.7 Å². The molecule has 2 unspecified atom stereocenters. The van der Waals surface area contributed by atoms with Crippen molar-refractivity contribution in [2.75, 3.05) is 26.4 Å². The second kappa shape index (κ2) is 9.06. The lowest BCUT2D eigenvalue weighted by Gasteiger charge is -2.39. The standard InChI is InChI=1S/C17H33NO3Si/c1-4-18(16-10-7-6-8-11-16)14-17-15-19-12-9-13-22(3,21-17)20-5-2/h4,16-17H,1,5-15H2,2-3H3. The summed E-state index contributed by atoms with van der Waals surface area (Å²) in [6.45, 7) is 11.4. The van der Waals surface area contributed by atoms with E-state index in [0.29, 0.717) is 12.6 Å². The van der Waals surface area contributed by atoms with E-state index in [4.69, 9.17) is 13.6 Å². The third kappa shape index (κ3) is 5.37. The molecule has 5 heteroatoms. The predicted octanol–water partition coefficient (Wildman–Crippen LogP) is 3.68. The van der Waals surface area contributed by atoms with Gasteiger partial charge in [-0.15, -0.1) is 0 Å². The van der Waals surface area contributed by atoms with Crippen molar-refractivity contribution in [3.05, 3.63) is 12.8 Å². The van der Waals surface area contributed by atoms with Crippen molar-refractivity contribution < 1.29 is 13.6 Å². The molecule has 0 aromatic carbocycles. The molecule has 4 nitrogen and oxygen atoms in total. The molecule has 2 rings (SSSR count). The summed E-state index contributed by atoms with van der Waals surface area (Å²) in [5, 5.41) is 0. The zero-order chi connectivity index (χ0) is 15.8. The van der Waals surface area contributed by atoms with Crippen molar-refractivity contribution in [3.63, 3.8) is 0 Å². The molecule has 0 bridgehead atoms. The molecule has 0 radical (unpaired) electrons. The van der Waals surface area contributed by atoms with Crippen LogP contribution in [0.4, 0.5) is 0 Å². The Morgan fingerprint density at radius 1 is 1.27 bits per heavy atom. The Morgan fingerprint density at radius 2 is 2.05 bits per heavy atom. The number of rotatable bonds is 6. The van der Waals surface area contributed by atoms with Crippen LogP contribution in [0.25, 0.3) is 0 Å². The van der Waals surface area contributed by atoms with Gasteiger partial charge >= 0.3 is 8.56 Å². The van der Waals surface area contributed by atoms with Gasteiger partial charge in [-0.3, -0.25) is 0 Å². The molecular weight excluding hydrogens is 294 g/mol. The van der Waals surface area contributed by atoms with Crippen LogP contribution in [0.1, 0.15) is 45.4 Å². The first-order chi connectivity index (χ1) is 10.7. The third-order valence-corrected chi connectivity index (χ3v) is 7.77. The normalized spacial score (nSPS) is 31.3. The largest absolute Gasteiger partial charge is 0.395 e. The zero-order valence-electron chi connectivity index (χ0n) is 14.4. The predicted molar refractivity (Wildman–Crippen MR) is 92.1 cm³/mol. The highest BCUT2D eigenvalue weighted by Crippen LogP contribution is 2.25. The fraction of sp³-hybridized carbons (Fsp3) is 0.882. The highest BCUT2D eigenvalue weighted by molar-refractivity contribution is 6.66. The molecule has 2 atom stereocenters. The maximum Gasteiger partial charge on any atom is 0.335 e. The summed E-state index contributed by atoms with van der Waals surface area (Å²) in [4.78, 5) is 2.38. The topological polar surface area (TPSA) is 30.9 Å². The molecule has 128 valence electrons. The van der Waals surface area contributed by atoms with Gasteiger partial charge in [0.15, 0.2) is 0 Å². The van der Waals surface area contributed by atoms with E-state index in [0.717, 1.165) is 32.2 Å². The van der Waals surface area contributed by atoms with E-state index in [2.05, 4.69) is 24.9 Å². The van der Waals surface area contributed by atoms with Crippen molar-refractivity contribution in [3.8, 4) is 0 Å². The maximum atomic E-state index is 6.44. The Hall–Kier alpha value is -0.363. The molecule has 2 aliphatic rings. The van der Waals surface area contributed by atoms with E-state index in [1.807, 2.05) is 6.20 Å². The Morgan fingerprint density at radius 3 is 2.73 bits per heavy atom. The lowest BCUT2D eigenvalue weighted by atomic mass is 9.94. The van der Waals surface area contributed by atoms with Crippen LogP contribution in [0, 0.1) is 0 Å². The zero-order valence-corrected chi connectivity index (χ0v) is 15.4. The van der Waals surface area contributed by atoms with Crippen LogP contribution in [0.5, 0.6) is 0 Å². The van der Waals surface area contributed by atoms with E-state index in [9.17, 15) is 0 Å². The van der Waals surface area contributed by atoms with E-state index >= 15 is 0 Å². The second-order valence-corrected chi connectivity index (χ2v) is 9.95.